The minimum Gasteiger partial charge on any atom is -0.437 e. The first kappa shape index (κ1) is 15.0. The van der Waals surface area contributed by atoms with Gasteiger partial charge in [-0.1, -0.05) is 24.9 Å². The minimum atomic E-state index is -0.527. The maximum absolute atomic E-state index is 10.7. The number of nitro groups is 1. The van der Waals surface area contributed by atoms with Gasteiger partial charge < -0.3 is 10.5 Å². The van der Waals surface area contributed by atoms with Crippen molar-refractivity contribution in [3.05, 3.63) is 45.2 Å². The van der Waals surface area contributed by atoms with Gasteiger partial charge in [0.15, 0.2) is 0 Å². The quantitative estimate of drug-likeness (QED) is 0.670. The van der Waals surface area contributed by atoms with Crippen molar-refractivity contribution >= 4 is 23.1 Å². The van der Waals surface area contributed by atoms with Crippen LogP contribution in [0.2, 0.25) is 5.02 Å². The zero-order chi connectivity index (χ0) is 15.4. The van der Waals surface area contributed by atoms with Gasteiger partial charge in [-0.2, -0.15) is 0 Å². The van der Waals surface area contributed by atoms with Crippen LogP contribution in [0.3, 0.4) is 0 Å². The van der Waals surface area contributed by atoms with E-state index >= 15 is 0 Å². The van der Waals surface area contributed by atoms with Crippen molar-refractivity contribution in [1.29, 1.82) is 0 Å². The van der Waals surface area contributed by atoms with Gasteiger partial charge in [0, 0.05) is 12.1 Å². The molecular formula is C13H13ClN4O3. The highest BCUT2D eigenvalue weighted by molar-refractivity contribution is 6.32. The van der Waals surface area contributed by atoms with E-state index in [1.807, 2.05) is 6.92 Å². The number of nitrogens with two attached hydrogens (primary N) is 1. The molecule has 110 valence electrons. The lowest BCUT2D eigenvalue weighted by Gasteiger charge is -2.11. The van der Waals surface area contributed by atoms with Crippen molar-refractivity contribution in [2.45, 2.75) is 19.8 Å². The molecule has 0 aliphatic rings. The number of nitro benzene ring substituents is 1. The van der Waals surface area contributed by atoms with Crippen LogP contribution in [0.1, 0.15) is 18.9 Å². The number of non-ortho nitro benzene ring substituents is 1. The molecule has 0 radical (unpaired) electrons. The van der Waals surface area contributed by atoms with E-state index in [1.165, 1.54) is 24.5 Å². The van der Waals surface area contributed by atoms with E-state index in [-0.39, 0.29) is 16.5 Å². The van der Waals surface area contributed by atoms with E-state index in [2.05, 4.69) is 9.97 Å². The molecule has 2 rings (SSSR count). The van der Waals surface area contributed by atoms with Gasteiger partial charge in [0.2, 0.25) is 5.88 Å². The number of benzene rings is 1. The molecule has 1 heterocycles. The zero-order valence-electron chi connectivity index (χ0n) is 11.2. The first-order chi connectivity index (χ1) is 10.0. The Morgan fingerprint density at radius 1 is 1.43 bits per heavy atom. The summed E-state index contributed by atoms with van der Waals surface area (Å²) in [6, 6.07) is 3.96. The fraction of sp³-hybridized carbons (Fsp3) is 0.231. The summed E-state index contributed by atoms with van der Waals surface area (Å²) < 4.78 is 5.62. The number of halogens is 1. The fourth-order valence-electron chi connectivity index (χ4n) is 1.77. The number of nitrogens with zero attached hydrogens (tertiary/aromatic N) is 3. The molecule has 2 N–H and O–H groups in total. The van der Waals surface area contributed by atoms with Crippen LogP contribution in [0.15, 0.2) is 24.5 Å². The first-order valence-corrected chi connectivity index (χ1v) is 6.61. The minimum absolute atomic E-state index is 0.108. The van der Waals surface area contributed by atoms with Crippen LogP contribution in [0, 0.1) is 10.1 Å². The molecule has 0 saturated carbocycles. The molecule has 1 aromatic carbocycles. The molecule has 0 fully saturated rings. The van der Waals surface area contributed by atoms with Crippen LogP contribution in [0.5, 0.6) is 11.6 Å². The number of nitrogen functional groups attached to an aromatic ring is 1. The molecule has 2 aromatic rings. The summed E-state index contributed by atoms with van der Waals surface area (Å²) >= 11 is 5.99. The third-order valence-corrected chi connectivity index (χ3v) is 3.07. The van der Waals surface area contributed by atoms with Crippen LogP contribution >= 0.6 is 11.6 Å². The summed E-state index contributed by atoms with van der Waals surface area (Å²) in [5, 5.41) is 10.8. The molecule has 0 aliphatic carbocycles. The van der Waals surface area contributed by atoms with Gasteiger partial charge in [0.1, 0.15) is 17.9 Å². The Balaban J connectivity index is 2.34. The lowest BCUT2D eigenvalue weighted by molar-refractivity contribution is -0.384. The molecule has 0 aliphatic heterocycles. The number of hydrogen-bond donors (Lipinski definition) is 1. The average molecular weight is 309 g/mol. The third-order valence-electron chi connectivity index (χ3n) is 2.77. The summed E-state index contributed by atoms with van der Waals surface area (Å²) in [6.45, 7) is 2.00. The standard InChI is InChI=1S/C13H13ClN4O3/c1-2-3-9-12(15)16-7-17-13(9)21-11-5-4-8(18(19)20)6-10(11)14/h4-7H,2-3H2,1H3,(H2,15,16,17). The highest BCUT2D eigenvalue weighted by Crippen LogP contribution is 2.33. The molecule has 0 amide bonds. The van der Waals surface area contributed by atoms with Crippen molar-refractivity contribution < 1.29 is 9.66 Å². The lowest BCUT2D eigenvalue weighted by Crippen LogP contribution is -2.03. The Labute approximate surface area is 125 Å². The summed E-state index contributed by atoms with van der Waals surface area (Å²) in [7, 11) is 0. The second kappa shape index (κ2) is 6.36. The van der Waals surface area contributed by atoms with E-state index in [1.54, 1.807) is 0 Å². The number of hydrogen-bond acceptors (Lipinski definition) is 6. The summed E-state index contributed by atoms with van der Waals surface area (Å²) in [5.74, 6) is 0.928. The van der Waals surface area contributed by atoms with Crippen LogP contribution in [-0.2, 0) is 6.42 Å². The van der Waals surface area contributed by atoms with Gasteiger partial charge in [-0.25, -0.2) is 9.97 Å². The zero-order valence-corrected chi connectivity index (χ0v) is 12.0. The van der Waals surface area contributed by atoms with Crippen molar-refractivity contribution in [3.63, 3.8) is 0 Å². The smallest absolute Gasteiger partial charge is 0.271 e. The van der Waals surface area contributed by atoms with Gasteiger partial charge >= 0.3 is 0 Å². The lowest BCUT2D eigenvalue weighted by atomic mass is 10.2. The first-order valence-electron chi connectivity index (χ1n) is 6.24. The van der Waals surface area contributed by atoms with Crippen molar-refractivity contribution in [2.24, 2.45) is 0 Å². The van der Waals surface area contributed by atoms with Gasteiger partial charge in [-0.05, 0) is 12.5 Å². The van der Waals surface area contributed by atoms with Crippen molar-refractivity contribution in [2.75, 3.05) is 5.73 Å². The number of rotatable bonds is 5. The van der Waals surface area contributed by atoms with Gasteiger partial charge in [0.05, 0.1) is 15.5 Å². The second-order valence-electron chi connectivity index (χ2n) is 4.27. The van der Waals surface area contributed by atoms with Gasteiger partial charge in [-0.3, -0.25) is 10.1 Å². The highest BCUT2D eigenvalue weighted by Gasteiger charge is 2.15. The second-order valence-corrected chi connectivity index (χ2v) is 4.67. The SMILES string of the molecule is CCCc1c(N)ncnc1Oc1ccc([N+](=O)[O-])cc1Cl. The van der Waals surface area contributed by atoms with E-state index in [4.69, 9.17) is 22.1 Å². The molecule has 7 nitrogen and oxygen atoms in total. The van der Waals surface area contributed by atoms with E-state index in [0.717, 1.165) is 6.42 Å². The van der Waals surface area contributed by atoms with Crippen molar-refractivity contribution in [3.8, 4) is 11.6 Å². The summed E-state index contributed by atoms with van der Waals surface area (Å²) in [6.07, 6.45) is 2.80. The summed E-state index contributed by atoms with van der Waals surface area (Å²) in [5.41, 5.74) is 6.39. The monoisotopic (exact) mass is 308 g/mol. The highest BCUT2D eigenvalue weighted by atomic mass is 35.5. The molecule has 1 aromatic heterocycles. The average Bonchev–Trinajstić information content (AvgIpc) is 2.44. The number of ether oxygens (including phenoxy) is 1. The van der Waals surface area contributed by atoms with E-state index < -0.39 is 4.92 Å². The predicted molar refractivity (Wildman–Crippen MR) is 78.6 cm³/mol. The van der Waals surface area contributed by atoms with Crippen LogP contribution in [-0.4, -0.2) is 14.9 Å². The Morgan fingerprint density at radius 3 is 2.81 bits per heavy atom. The molecule has 21 heavy (non-hydrogen) atoms. The largest absolute Gasteiger partial charge is 0.437 e. The molecular weight excluding hydrogens is 296 g/mol. The molecule has 0 saturated heterocycles. The van der Waals surface area contributed by atoms with E-state index in [9.17, 15) is 10.1 Å². The molecule has 0 unspecified atom stereocenters. The molecule has 0 atom stereocenters. The Hall–Kier alpha value is -2.41. The van der Waals surface area contributed by atoms with Crippen LogP contribution < -0.4 is 10.5 Å². The molecule has 0 spiro atoms. The summed E-state index contributed by atoms with van der Waals surface area (Å²) in [4.78, 5) is 18.1. The van der Waals surface area contributed by atoms with E-state index in [0.29, 0.717) is 23.7 Å². The molecule has 0 bridgehead atoms. The predicted octanol–water partition coefficient (Wildman–Crippen LogP) is 3.37. The number of anilines is 1. The maximum atomic E-state index is 10.7. The maximum Gasteiger partial charge on any atom is 0.271 e. The number of aromatic nitrogens is 2. The van der Waals surface area contributed by atoms with Gasteiger partial charge in [-0.15, -0.1) is 0 Å². The van der Waals surface area contributed by atoms with Gasteiger partial charge in [0.25, 0.3) is 5.69 Å². The molecule has 8 heteroatoms. The van der Waals surface area contributed by atoms with Crippen LogP contribution in [0.4, 0.5) is 11.5 Å². The Kier molecular flexibility index (Phi) is 4.54. The fourth-order valence-corrected chi connectivity index (χ4v) is 1.99. The van der Waals surface area contributed by atoms with Crippen LogP contribution in [0.25, 0.3) is 0 Å². The normalized spacial score (nSPS) is 10.4. The topological polar surface area (TPSA) is 104 Å². The Morgan fingerprint density at radius 2 is 2.19 bits per heavy atom. The van der Waals surface area contributed by atoms with Crippen molar-refractivity contribution in [1.82, 2.24) is 9.97 Å². The Bertz CT molecular complexity index is 678. The third kappa shape index (κ3) is 3.38.